The number of anilines is 6. The summed E-state index contributed by atoms with van der Waals surface area (Å²) in [6.45, 7) is 0. The molecule has 0 fully saturated rings. The van der Waals surface area contributed by atoms with Crippen LogP contribution in [0.25, 0.3) is 5.57 Å². The van der Waals surface area contributed by atoms with E-state index in [1.54, 1.807) is 23.5 Å². The highest BCUT2D eigenvalue weighted by Crippen LogP contribution is 2.59. The molecule has 1 aliphatic carbocycles. The first kappa shape index (κ1) is 35.0. The molecule has 3 aliphatic rings. The third-order valence-corrected chi connectivity index (χ3v) is 13.9. The molecule has 0 unspecified atom stereocenters. The monoisotopic (exact) mass is 788 g/mol. The Kier molecular flexibility index (Phi) is 8.31. The van der Waals surface area contributed by atoms with Gasteiger partial charge in [-0.3, -0.25) is 0 Å². The van der Waals surface area contributed by atoms with Crippen LogP contribution in [-0.4, -0.2) is 0 Å². The van der Waals surface area contributed by atoms with Gasteiger partial charge < -0.3 is 9.80 Å². The largest absolute Gasteiger partial charge is 0.308 e. The number of hydrogen-bond acceptors (Lipinski definition) is 6. The zero-order valence-corrected chi connectivity index (χ0v) is 33.2. The Labute approximate surface area is 351 Å². The van der Waals surface area contributed by atoms with Crippen LogP contribution in [0, 0.1) is 22.7 Å². The van der Waals surface area contributed by atoms with Crippen molar-refractivity contribution >= 4 is 63.2 Å². The lowest BCUT2D eigenvalue weighted by Crippen LogP contribution is -2.36. The van der Waals surface area contributed by atoms with E-state index < -0.39 is 5.41 Å². The first-order valence-electron chi connectivity index (χ1n) is 19.5. The van der Waals surface area contributed by atoms with Gasteiger partial charge >= 0.3 is 0 Å². The molecule has 0 saturated carbocycles. The lowest BCUT2D eigenvalue weighted by molar-refractivity contribution is 0.731. The molecule has 0 bridgehead atoms. The average molecular weight is 789 g/mol. The maximum atomic E-state index is 10.4. The van der Waals surface area contributed by atoms with Crippen molar-refractivity contribution in [3.05, 3.63) is 233 Å². The number of para-hydroxylation sites is 4. The van der Waals surface area contributed by atoms with Gasteiger partial charge in [0.15, 0.2) is 0 Å². The molecule has 2 heterocycles. The van der Waals surface area contributed by atoms with Crippen LogP contribution in [0.5, 0.6) is 0 Å². The van der Waals surface area contributed by atoms with Gasteiger partial charge in [-0.1, -0.05) is 151 Å². The van der Waals surface area contributed by atoms with E-state index in [4.69, 9.17) is 0 Å². The smallest absolute Gasteiger partial charge is 0.138 e. The normalized spacial score (nSPS) is 15.6. The fourth-order valence-corrected chi connectivity index (χ4v) is 11.4. The van der Waals surface area contributed by atoms with Crippen molar-refractivity contribution in [2.75, 3.05) is 9.80 Å². The summed E-state index contributed by atoms with van der Waals surface area (Å²) in [5, 5.41) is 20.9. The maximum absolute atomic E-state index is 10.4. The molecule has 6 heteroatoms. The first-order chi connectivity index (χ1) is 29.2. The fraction of sp³-hybridized carbons (Fsp3) is 0.0189. The fourth-order valence-electron chi connectivity index (χ4n) is 9.26. The third-order valence-electron chi connectivity index (χ3n) is 11.6. The third kappa shape index (κ3) is 5.31. The minimum atomic E-state index is -0.869. The second-order valence-corrected chi connectivity index (χ2v) is 16.8. The highest BCUT2D eigenvalue weighted by Gasteiger charge is 2.46. The van der Waals surface area contributed by atoms with Gasteiger partial charge in [-0.2, -0.15) is 10.5 Å². The molecule has 0 aromatic heterocycles. The molecular formula is C53H32N4S2. The number of fused-ring (bicyclic) bond motifs is 6. The number of hydrogen-bond donors (Lipinski definition) is 0. The van der Waals surface area contributed by atoms with Gasteiger partial charge in [0.25, 0.3) is 0 Å². The van der Waals surface area contributed by atoms with Gasteiger partial charge in [0.05, 0.1) is 28.2 Å². The van der Waals surface area contributed by atoms with E-state index in [2.05, 4.69) is 204 Å². The number of nitrogens with zero attached hydrogens (tertiary/aromatic N) is 4. The topological polar surface area (TPSA) is 54.1 Å². The molecule has 11 rings (SSSR count). The Balaban J connectivity index is 1.31. The van der Waals surface area contributed by atoms with Crippen LogP contribution >= 0.6 is 23.5 Å². The Morgan fingerprint density at radius 3 is 1.20 bits per heavy atom. The van der Waals surface area contributed by atoms with Crippen molar-refractivity contribution in [3.63, 3.8) is 0 Å². The number of benzene rings is 8. The number of rotatable bonds is 4. The van der Waals surface area contributed by atoms with Gasteiger partial charge in [-0.05, 0) is 100 Å². The molecule has 59 heavy (non-hydrogen) atoms. The quantitative estimate of drug-likeness (QED) is 0.166. The van der Waals surface area contributed by atoms with Crippen molar-refractivity contribution in [1.29, 1.82) is 10.5 Å². The van der Waals surface area contributed by atoms with Crippen LogP contribution in [0.2, 0.25) is 0 Å². The summed E-state index contributed by atoms with van der Waals surface area (Å²) in [7, 11) is 0. The number of allylic oxidation sites excluding steroid dienone is 1. The SMILES string of the molecule is N#CC(C#N)=C1c2ccccc2C(c2ccccc2)(c2cc(N3c4ccccc4Sc4ccccc43)cc(N3c4ccccc4Sc4ccccc43)c2)c2ccccc21. The summed E-state index contributed by atoms with van der Waals surface area (Å²) < 4.78 is 0. The minimum absolute atomic E-state index is 0.0964. The van der Waals surface area contributed by atoms with E-state index >= 15 is 0 Å². The Hall–Kier alpha value is -7.22. The molecule has 8 aromatic rings. The van der Waals surface area contributed by atoms with Gasteiger partial charge in [0.2, 0.25) is 0 Å². The molecular weight excluding hydrogens is 757 g/mol. The Bertz CT molecular complexity index is 2850. The highest BCUT2D eigenvalue weighted by molar-refractivity contribution is 8.00. The standard InChI is InChI=1S/C53H32N4S2/c54-33-35(34-55)52-40-18-4-6-20-42(40)53(36-16-2-1-3-17-36,43-21-7-5-19-41(43)52)37-30-38(56-44-22-8-12-26-48(44)58-49-27-13-9-23-45(49)56)32-39(31-37)57-46-24-10-14-28-50(46)59-51-29-15-11-25-47(51)57/h1-32H. The van der Waals surface area contributed by atoms with Crippen molar-refractivity contribution in [2.24, 2.45) is 0 Å². The van der Waals surface area contributed by atoms with E-state index in [1.165, 1.54) is 19.6 Å². The van der Waals surface area contributed by atoms with Crippen LogP contribution < -0.4 is 9.80 Å². The van der Waals surface area contributed by atoms with Gasteiger partial charge in [-0.25, -0.2) is 0 Å². The molecule has 0 amide bonds. The molecule has 0 N–H and O–H groups in total. The van der Waals surface area contributed by atoms with Gasteiger partial charge in [-0.15, -0.1) is 0 Å². The number of nitriles is 2. The molecule has 0 saturated heterocycles. The Morgan fingerprint density at radius 2 is 0.780 bits per heavy atom. The first-order valence-corrected chi connectivity index (χ1v) is 21.1. The summed E-state index contributed by atoms with van der Waals surface area (Å²) in [6.07, 6.45) is 0. The van der Waals surface area contributed by atoms with Crippen LogP contribution in [0.15, 0.2) is 219 Å². The van der Waals surface area contributed by atoms with Crippen LogP contribution in [-0.2, 0) is 5.41 Å². The lowest BCUT2D eigenvalue weighted by Gasteiger charge is -2.44. The summed E-state index contributed by atoms with van der Waals surface area (Å²) >= 11 is 3.60. The van der Waals surface area contributed by atoms with E-state index in [1.807, 2.05) is 12.1 Å². The van der Waals surface area contributed by atoms with E-state index in [0.29, 0.717) is 5.57 Å². The lowest BCUT2D eigenvalue weighted by atomic mass is 9.58. The van der Waals surface area contributed by atoms with Crippen LogP contribution in [0.4, 0.5) is 34.1 Å². The Morgan fingerprint density at radius 1 is 0.407 bits per heavy atom. The van der Waals surface area contributed by atoms with Crippen LogP contribution in [0.3, 0.4) is 0 Å². The maximum Gasteiger partial charge on any atom is 0.138 e. The molecule has 8 aromatic carbocycles. The minimum Gasteiger partial charge on any atom is -0.308 e. The highest BCUT2D eigenvalue weighted by atomic mass is 32.2. The van der Waals surface area contributed by atoms with Crippen molar-refractivity contribution < 1.29 is 0 Å². The second kappa shape index (κ2) is 14.0. The molecule has 0 spiro atoms. The van der Waals surface area contributed by atoms with Gasteiger partial charge in [0.1, 0.15) is 17.7 Å². The van der Waals surface area contributed by atoms with Crippen LogP contribution in [0.1, 0.15) is 33.4 Å². The molecule has 0 atom stereocenters. The van der Waals surface area contributed by atoms with Crippen molar-refractivity contribution in [2.45, 2.75) is 25.0 Å². The molecule has 0 radical (unpaired) electrons. The second-order valence-electron chi connectivity index (χ2n) is 14.7. The zero-order valence-electron chi connectivity index (χ0n) is 31.6. The van der Waals surface area contributed by atoms with E-state index in [-0.39, 0.29) is 5.57 Å². The molecule has 276 valence electrons. The zero-order chi connectivity index (χ0) is 39.5. The molecule has 4 nitrogen and oxygen atoms in total. The summed E-state index contributed by atoms with van der Waals surface area (Å²) in [4.78, 5) is 9.57. The van der Waals surface area contributed by atoms with Gasteiger partial charge in [0, 0.05) is 36.5 Å². The van der Waals surface area contributed by atoms with Crippen molar-refractivity contribution in [3.8, 4) is 12.1 Å². The predicted molar refractivity (Wildman–Crippen MR) is 240 cm³/mol. The van der Waals surface area contributed by atoms with E-state index in [0.717, 1.165) is 67.5 Å². The van der Waals surface area contributed by atoms with E-state index in [9.17, 15) is 10.5 Å². The summed E-state index contributed by atoms with van der Waals surface area (Å²) in [5.41, 5.74) is 12.3. The van der Waals surface area contributed by atoms with Crippen molar-refractivity contribution in [1.82, 2.24) is 0 Å². The average Bonchev–Trinajstić information content (AvgIpc) is 3.30. The predicted octanol–water partition coefficient (Wildman–Crippen LogP) is 14.1. The summed E-state index contributed by atoms with van der Waals surface area (Å²) in [5.74, 6) is 0. The summed E-state index contributed by atoms with van der Waals surface area (Å²) in [6, 6.07) is 73.6. The molecule has 2 aliphatic heterocycles.